The maximum Gasteiger partial charge on any atom is 0.288 e. The van der Waals surface area contributed by atoms with Crippen molar-refractivity contribution in [1.29, 1.82) is 0 Å². The van der Waals surface area contributed by atoms with Crippen molar-refractivity contribution in [2.45, 2.75) is 25.7 Å². The second-order valence-corrected chi connectivity index (χ2v) is 5.77. The van der Waals surface area contributed by atoms with Crippen molar-refractivity contribution in [2.24, 2.45) is 5.92 Å². The van der Waals surface area contributed by atoms with Gasteiger partial charge in [-0.3, -0.25) is 4.79 Å². The van der Waals surface area contributed by atoms with Crippen LogP contribution in [0.25, 0.3) is 0 Å². The molecule has 1 fully saturated rings. The molecule has 3 rings (SSSR count). The van der Waals surface area contributed by atoms with Crippen molar-refractivity contribution in [3.8, 4) is 5.88 Å². The summed E-state index contributed by atoms with van der Waals surface area (Å²) in [6, 6.07) is 5.66. The van der Waals surface area contributed by atoms with Gasteiger partial charge in [0.1, 0.15) is 0 Å². The minimum absolute atomic E-state index is 0.0452. The van der Waals surface area contributed by atoms with Gasteiger partial charge in [-0.15, -0.1) is 0 Å². The third-order valence-electron chi connectivity index (χ3n) is 4.15. The van der Waals surface area contributed by atoms with E-state index in [4.69, 9.17) is 9.47 Å². The molecule has 0 N–H and O–H groups in total. The molecule has 1 saturated heterocycles. The number of amides is 1. The van der Waals surface area contributed by atoms with E-state index in [0.717, 1.165) is 38.8 Å². The lowest BCUT2D eigenvalue weighted by atomic mass is 9.97. The van der Waals surface area contributed by atoms with E-state index < -0.39 is 0 Å². The van der Waals surface area contributed by atoms with Crippen LogP contribution in [0.3, 0.4) is 0 Å². The predicted molar refractivity (Wildman–Crippen MR) is 82.3 cm³/mol. The van der Waals surface area contributed by atoms with Gasteiger partial charge in [0.05, 0.1) is 13.2 Å². The van der Waals surface area contributed by atoms with Crippen molar-refractivity contribution in [2.75, 3.05) is 26.3 Å². The van der Waals surface area contributed by atoms with E-state index in [9.17, 15) is 4.79 Å². The molecule has 5 heteroatoms. The van der Waals surface area contributed by atoms with Gasteiger partial charge in [0.25, 0.3) is 5.91 Å². The van der Waals surface area contributed by atoms with E-state index in [1.54, 1.807) is 6.20 Å². The van der Waals surface area contributed by atoms with Gasteiger partial charge in [0.15, 0.2) is 5.76 Å². The Kier molecular flexibility index (Phi) is 4.93. The van der Waals surface area contributed by atoms with Gasteiger partial charge in [-0.05, 0) is 43.7 Å². The zero-order valence-corrected chi connectivity index (χ0v) is 12.7. The van der Waals surface area contributed by atoms with Gasteiger partial charge in [0, 0.05) is 25.4 Å². The Morgan fingerprint density at radius 3 is 2.91 bits per heavy atom. The number of allylic oxidation sites excluding steroid dienone is 1. The van der Waals surface area contributed by atoms with Crippen LogP contribution in [0.15, 0.2) is 36.2 Å². The Balaban J connectivity index is 1.44. The normalized spacial score (nSPS) is 19.3. The zero-order chi connectivity index (χ0) is 15.2. The van der Waals surface area contributed by atoms with Crippen LogP contribution >= 0.6 is 0 Å². The van der Waals surface area contributed by atoms with E-state index >= 15 is 0 Å². The zero-order valence-electron chi connectivity index (χ0n) is 12.7. The number of carbonyl (C=O) groups excluding carboxylic acids is 1. The molecule has 0 saturated carbocycles. The Bertz CT molecular complexity index is 522. The predicted octanol–water partition coefficient (Wildman–Crippen LogP) is 2.39. The molecule has 1 aromatic rings. The average molecular weight is 302 g/mol. The van der Waals surface area contributed by atoms with E-state index in [2.05, 4.69) is 4.98 Å². The van der Waals surface area contributed by atoms with Gasteiger partial charge in [-0.25, -0.2) is 4.98 Å². The molecule has 0 aromatic carbocycles. The van der Waals surface area contributed by atoms with Crippen LogP contribution in [0, 0.1) is 5.92 Å². The SMILES string of the molecule is O=C(C1=CCCCO1)N1CCC(COc2ccccn2)CC1. The highest BCUT2D eigenvalue weighted by atomic mass is 16.5. The lowest BCUT2D eigenvalue weighted by Crippen LogP contribution is -2.41. The largest absolute Gasteiger partial charge is 0.488 e. The standard InChI is InChI=1S/C17H22N2O3/c20-17(15-5-2-4-12-21-15)19-10-7-14(8-11-19)13-22-16-6-1-3-9-18-16/h1,3,5-6,9,14H,2,4,7-8,10-13H2. The first-order valence-corrected chi connectivity index (χ1v) is 7.99. The van der Waals surface area contributed by atoms with Crippen LogP contribution in [0.4, 0.5) is 0 Å². The molecule has 0 atom stereocenters. The van der Waals surface area contributed by atoms with E-state index in [0.29, 0.717) is 30.8 Å². The number of rotatable bonds is 4. The molecule has 118 valence electrons. The minimum atomic E-state index is 0.0452. The quantitative estimate of drug-likeness (QED) is 0.857. The number of hydrogen-bond acceptors (Lipinski definition) is 4. The van der Waals surface area contributed by atoms with Crippen molar-refractivity contribution >= 4 is 5.91 Å². The summed E-state index contributed by atoms with van der Waals surface area (Å²) < 4.78 is 11.2. The number of nitrogens with zero attached hydrogens (tertiary/aromatic N) is 2. The molecule has 0 radical (unpaired) electrons. The molecule has 0 bridgehead atoms. The van der Waals surface area contributed by atoms with Crippen LogP contribution in [0.1, 0.15) is 25.7 Å². The maximum absolute atomic E-state index is 12.3. The fraction of sp³-hybridized carbons (Fsp3) is 0.529. The molecule has 1 aromatic heterocycles. The van der Waals surface area contributed by atoms with Gasteiger partial charge in [-0.2, -0.15) is 0 Å². The first-order chi connectivity index (χ1) is 10.8. The van der Waals surface area contributed by atoms with Gasteiger partial charge < -0.3 is 14.4 Å². The third kappa shape index (κ3) is 3.78. The number of ether oxygens (including phenoxy) is 2. The molecule has 5 nitrogen and oxygen atoms in total. The van der Waals surface area contributed by atoms with Crippen molar-refractivity contribution in [1.82, 2.24) is 9.88 Å². The molecule has 0 unspecified atom stereocenters. The van der Waals surface area contributed by atoms with Crippen molar-refractivity contribution in [3.05, 3.63) is 36.2 Å². The Hall–Kier alpha value is -2.04. The molecule has 0 spiro atoms. The molecule has 1 amide bonds. The average Bonchev–Trinajstić information content (AvgIpc) is 2.61. The minimum Gasteiger partial charge on any atom is -0.488 e. The van der Waals surface area contributed by atoms with Crippen molar-refractivity contribution in [3.63, 3.8) is 0 Å². The highest BCUT2D eigenvalue weighted by Crippen LogP contribution is 2.21. The third-order valence-corrected chi connectivity index (χ3v) is 4.15. The lowest BCUT2D eigenvalue weighted by molar-refractivity contribution is -0.132. The molecule has 22 heavy (non-hydrogen) atoms. The van der Waals surface area contributed by atoms with Gasteiger partial charge in [0.2, 0.25) is 5.88 Å². The highest BCUT2D eigenvalue weighted by Gasteiger charge is 2.26. The summed E-state index contributed by atoms with van der Waals surface area (Å²) in [6.45, 7) is 2.87. The van der Waals surface area contributed by atoms with Gasteiger partial charge >= 0.3 is 0 Å². The summed E-state index contributed by atoms with van der Waals surface area (Å²) in [5.74, 6) is 1.73. The number of aromatic nitrogens is 1. The van der Waals surface area contributed by atoms with Gasteiger partial charge in [-0.1, -0.05) is 6.07 Å². The Morgan fingerprint density at radius 1 is 1.36 bits per heavy atom. The molecule has 2 aliphatic rings. The molecule has 0 aliphatic carbocycles. The summed E-state index contributed by atoms with van der Waals surface area (Å²) in [4.78, 5) is 18.4. The number of carbonyl (C=O) groups is 1. The van der Waals surface area contributed by atoms with E-state index in [1.165, 1.54) is 0 Å². The van der Waals surface area contributed by atoms with Crippen LogP contribution in [0.2, 0.25) is 0 Å². The lowest BCUT2D eigenvalue weighted by Gasteiger charge is -2.32. The van der Waals surface area contributed by atoms with Crippen molar-refractivity contribution < 1.29 is 14.3 Å². The summed E-state index contributed by atoms with van der Waals surface area (Å²) in [5, 5.41) is 0. The summed E-state index contributed by atoms with van der Waals surface area (Å²) in [6.07, 6.45) is 7.52. The number of hydrogen-bond donors (Lipinski definition) is 0. The topological polar surface area (TPSA) is 51.7 Å². The fourth-order valence-electron chi connectivity index (χ4n) is 2.80. The number of pyridine rings is 1. The van der Waals surface area contributed by atoms with E-state index in [-0.39, 0.29) is 5.91 Å². The molecule has 2 aliphatic heterocycles. The Labute approximate surface area is 130 Å². The molecular formula is C17H22N2O3. The Morgan fingerprint density at radius 2 is 2.23 bits per heavy atom. The number of piperidine rings is 1. The summed E-state index contributed by atoms with van der Waals surface area (Å²) in [5.41, 5.74) is 0. The van der Waals surface area contributed by atoms with Crippen LogP contribution in [-0.2, 0) is 9.53 Å². The van der Waals surface area contributed by atoms with Crippen LogP contribution in [-0.4, -0.2) is 42.1 Å². The maximum atomic E-state index is 12.3. The number of likely N-dealkylation sites (tertiary alicyclic amines) is 1. The van der Waals surface area contributed by atoms with Crippen LogP contribution < -0.4 is 4.74 Å². The second kappa shape index (κ2) is 7.29. The highest BCUT2D eigenvalue weighted by molar-refractivity contribution is 5.91. The first kappa shape index (κ1) is 14.9. The van der Waals surface area contributed by atoms with E-state index in [1.807, 2.05) is 29.2 Å². The molecular weight excluding hydrogens is 280 g/mol. The summed E-state index contributed by atoms with van der Waals surface area (Å²) in [7, 11) is 0. The summed E-state index contributed by atoms with van der Waals surface area (Å²) >= 11 is 0. The first-order valence-electron chi connectivity index (χ1n) is 7.99. The monoisotopic (exact) mass is 302 g/mol. The fourth-order valence-corrected chi connectivity index (χ4v) is 2.80. The van der Waals surface area contributed by atoms with Crippen LogP contribution in [0.5, 0.6) is 5.88 Å². The second-order valence-electron chi connectivity index (χ2n) is 5.77. The smallest absolute Gasteiger partial charge is 0.288 e. The molecule has 3 heterocycles.